The quantitative estimate of drug-likeness (QED) is 0.159. The van der Waals surface area contributed by atoms with E-state index in [4.69, 9.17) is 20.8 Å². The van der Waals surface area contributed by atoms with Crippen LogP contribution in [0.3, 0.4) is 0 Å². The van der Waals surface area contributed by atoms with E-state index < -0.39 is 35.3 Å². The Balaban J connectivity index is 1.73. The molecule has 2 aliphatic rings. The number of amides is 3. The Morgan fingerprint density at radius 2 is 2.23 bits per heavy atom. The maximum atomic E-state index is 12.7. The van der Waals surface area contributed by atoms with Gasteiger partial charge in [0.25, 0.3) is 11.8 Å². The van der Waals surface area contributed by atoms with Crippen molar-refractivity contribution in [2.75, 3.05) is 25.5 Å². The molecule has 1 aromatic heterocycles. The van der Waals surface area contributed by atoms with E-state index >= 15 is 0 Å². The van der Waals surface area contributed by atoms with Crippen LogP contribution in [0.2, 0.25) is 0 Å². The Morgan fingerprint density at radius 1 is 1.45 bits per heavy atom. The van der Waals surface area contributed by atoms with Crippen molar-refractivity contribution in [3.05, 3.63) is 35.4 Å². The van der Waals surface area contributed by atoms with Gasteiger partial charge in [-0.05, 0) is 12.1 Å². The summed E-state index contributed by atoms with van der Waals surface area (Å²) in [6.45, 7) is -0.325. The minimum Gasteiger partial charge on any atom is -0.477 e. The predicted molar refractivity (Wildman–Crippen MR) is 107 cm³/mol. The van der Waals surface area contributed by atoms with Gasteiger partial charge in [0.05, 0.1) is 12.3 Å². The van der Waals surface area contributed by atoms with Crippen molar-refractivity contribution in [3.63, 3.8) is 0 Å². The maximum absolute atomic E-state index is 12.7. The van der Waals surface area contributed by atoms with Gasteiger partial charge in [-0.25, -0.2) is 9.59 Å². The summed E-state index contributed by atoms with van der Waals surface area (Å²) >= 11 is 6.59. The highest BCUT2D eigenvalue weighted by molar-refractivity contribution is 8.00. The molecule has 0 radical (unpaired) electrons. The summed E-state index contributed by atoms with van der Waals surface area (Å²) in [5, 5.41) is 17.3. The number of oxime groups is 1. The number of carbonyl (C=O) groups is 4. The highest BCUT2D eigenvalue weighted by atomic mass is 35.5. The largest absolute Gasteiger partial charge is 0.477 e. The summed E-state index contributed by atoms with van der Waals surface area (Å²) in [5.74, 6) is -2.38. The topological polar surface area (TPSA) is 160 Å². The van der Waals surface area contributed by atoms with Gasteiger partial charge in [-0.2, -0.15) is 0 Å². The minimum atomic E-state index is -1.35. The number of carboxylic acid groups (broad SMARTS) is 1. The number of ether oxygens (including phenoxy) is 1. The number of nitrogens with zero attached hydrogens (tertiary/aromatic N) is 2. The third-order valence-corrected chi connectivity index (χ3v) is 5.75. The molecule has 1 fully saturated rings. The number of nitrogens with one attached hydrogen (secondary N) is 2. The second-order valence-corrected chi connectivity index (χ2v) is 7.48. The lowest BCUT2D eigenvalue weighted by Gasteiger charge is -2.49. The van der Waals surface area contributed by atoms with Crippen LogP contribution in [-0.2, 0) is 24.0 Å². The zero-order valence-electron chi connectivity index (χ0n) is 16.0. The number of alkyl halides is 1. The highest BCUT2D eigenvalue weighted by Gasteiger charge is 2.54. The maximum Gasteiger partial charge on any atom is 0.408 e. The van der Waals surface area contributed by atoms with E-state index in [1.54, 1.807) is 6.07 Å². The van der Waals surface area contributed by atoms with E-state index in [-0.39, 0.29) is 41.1 Å². The van der Waals surface area contributed by atoms with Gasteiger partial charge >= 0.3 is 12.1 Å². The van der Waals surface area contributed by atoms with Crippen molar-refractivity contribution in [1.82, 2.24) is 15.5 Å². The molecule has 2 aliphatic heterocycles. The standard InChI is InChI=1S/C17H17ClN4O8S/c1-28-21-10(9-3-2-4-29-9)13(23)20-11-14(24)22-12(16(25)26)8(6-31-15(11)22)5-30-17(27)19-7-18/h2-4,11,15H,5-7H2,1H3,(H,19,27)(H,20,23)(H,25,26)/t11-,15-/m1/s1. The average Bonchev–Trinajstić information content (AvgIpc) is 3.27. The number of rotatable bonds is 8. The Morgan fingerprint density at radius 3 is 2.84 bits per heavy atom. The molecule has 31 heavy (non-hydrogen) atoms. The number of aliphatic carboxylic acids is 1. The van der Waals surface area contributed by atoms with Gasteiger partial charge in [0.2, 0.25) is 5.71 Å². The lowest BCUT2D eigenvalue weighted by molar-refractivity contribution is -0.150. The van der Waals surface area contributed by atoms with Crippen molar-refractivity contribution in [2.45, 2.75) is 11.4 Å². The van der Waals surface area contributed by atoms with Gasteiger partial charge < -0.3 is 29.7 Å². The molecule has 14 heteroatoms. The van der Waals surface area contributed by atoms with Crippen LogP contribution >= 0.6 is 23.4 Å². The van der Waals surface area contributed by atoms with Crippen molar-refractivity contribution < 1.29 is 38.3 Å². The normalized spacial score (nSPS) is 20.5. The van der Waals surface area contributed by atoms with Gasteiger partial charge in [-0.3, -0.25) is 14.5 Å². The summed E-state index contributed by atoms with van der Waals surface area (Å²) < 4.78 is 10.1. The van der Waals surface area contributed by atoms with Crippen LogP contribution in [-0.4, -0.2) is 76.5 Å². The molecule has 12 nitrogen and oxygen atoms in total. The lowest BCUT2D eigenvalue weighted by Crippen LogP contribution is -2.71. The van der Waals surface area contributed by atoms with E-state index in [1.165, 1.54) is 31.2 Å². The first-order chi connectivity index (χ1) is 14.9. The number of furan rings is 1. The molecule has 3 heterocycles. The molecule has 0 bridgehead atoms. The third-order valence-electron chi connectivity index (χ3n) is 4.28. The molecule has 2 atom stereocenters. The third kappa shape index (κ3) is 4.61. The number of halogens is 1. The number of thioether (sulfide) groups is 1. The molecule has 3 N–H and O–H groups in total. The fraction of sp³-hybridized carbons (Fsp3) is 0.353. The van der Waals surface area contributed by atoms with Gasteiger partial charge in [0.1, 0.15) is 30.8 Å². The van der Waals surface area contributed by atoms with Gasteiger partial charge in [-0.15, -0.1) is 23.4 Å². The molecule has 0 unspecified atom stereocenters. The van der Waals surface area contributed by atoms with E-state index in [2.05, 4.69) is 20.6 Å². The van der Waals surface area contributed by atoms with Crippen molar-refractivity contribution in [3.8, 4) is 0 Å². The Bertz CT molecular complexity index is 948. The predicted octanol–water partition coefficient (Wildman–Crippen LogP) is 0.291. The Kier molecular flexibility index (Phi) is 7.07. The number of fused-ring (bicyclic) bond motifs is 1. The smallest absolute Gasteiger partial charge is 0.408 e. The molecule has 0 aliphatic carbocycles. The Labute approximate surface area is 184 Å². The lowest BCUT2D eigenvalue weighted by atomic mass is 10.0. The van der Waals surface area contributed by atoms with Crippen LogP contribution in [0.4, 0.5) is 4.79 Å². The van der Waals surface area contributed by atoms with Gasteiger partial charge in [0, 0.05) is 11.3 Å². The van der Waals surface area contributed by atoms with Gasteiger partial charge in [-0.1, -0.05) is 5.16 Å². The number of β-lactam (4-membered cyclic amide) rings is 1. The summed E-state index contributed by atoms with van der Waals surface area (Å²) in [6.07, 6.45) is 0.532. The monoisotopic (exact) mass is 472 g/mol. The van der Waals surface area contributed by atoms with Crippen LogP contribution in [0.1, 0.15) is 5.76 Å². The van der Waals surface area contributed by atoms with E-state index in [0.29, 0.717) is 0 Å². The molecular weight excluding hydrogens is 456 g/mol. The Hall–Kier alpha value is -3.19. The summed E-state index contributed by atoms with van der Waals surface area (Å²) in [6, 6.07) is 1.91. The number of carboxylic acids is 1. The fourth-order valence-electron chi connectivity index (χ4n) is 2.97. The first-order valence-electron chi connectivity index (χ1n) is 8.71. The van der Waals surface area contributed by atoms with Crippen LogP contribution in [0.5, 0.6) is 0 Å². The summed E-state index contributed by atoms with van der Waals surface area (Å²) in [4.78, 5) is 54.2. The van der Waals surface area contributed by atoms with Crippen molar-refractivity contribution >= 4 is 53.0 Å². The van der Waals surface area contributed by atoms with E-state index in [1.807, 2.05) is 0 Å². The second kappa shape index (κ2) is 9.75. The first kappa shape index (κ1) is 22.5. The molecule has 1 saturated heterocycles. The fourth-order valence-corrected chi connectivity index (χ4v) is 4.40. The van der Waals surface area contributed by atoms with E-state index in [0.717, 1.165) is 4.90 Å². The second-order valence-electron chi connectivity index (χ2n) is 6.10. The summed E-state index contributed by atoms with van der Waals surface area (Å²) in [7, 11) is 1.25. The molecule has 3 amide bonds. The van der Waals surface area contributed by atoms with E-state index in [9.17, 15) is 24.3 Å². The summed E-state index contributed by atoms with van der Waals surface area (Å²) in [5.41, 5.74) is -0.212. The molecule has 3 rings (SSSR count). The van der Waals surface area contributed by atoms with Crippen molar-refractivity contribution in [1.29, 1.82) is 0 Å². The van der Waals surface area contributed by atoms with Crippen LogP contribution in [0.25, 0.3) is 0 Å². The minimum absolute atomic E-state index is 0.139. The molecule has 0 aromatic carbocycles. The molecule has 1 aromatic rings. The SMILES string of the molecule is CON=C(C(=O)N[C@@H]1C(=O)N2C(C(=O)O)=C(COC(=O)NCCl)CS[C@H]12)c1ccco1. The zero-order chi connectivity index (χ0) is 22.5. The van der Waals surface area contributed by atoms with Gasteiger partial charge in [0.15, 0.2) is 5.76 Å². The number of carbonyl (C=O) groups excluding carboxylic acids is 3. The molecular formula is C17H17ClN4O8S. The van der Waals surface area contributed by atoms with Crippen LogP contribution in [0, 0.1) is 0 Å². The van der Waals surface area contributed by atoms with Crippen LogP contribution in [0.15, 0.2) is 39.2 Å². The zero-order valence-corrected chi connectivity index (χ0v) is 17.6. The number of hydrogen-bond donors (Lipinski definition) is 3. The number of alkyl carbamates (subject to hydrolysis) is 1. The molecule has 0 saturated carbocycles. The molecule has 0 spiro atoms. The highest BCUT2D eigenvalue weighted by Crippen LogP contribution is 2.40. The number of hydrogen-bond acceptors (Lipinski definition) is 9. The van der Waals surface area contributed by atoms with Crippen LogP contribution < -0.4 is 10.6 Å². The van der Waals surface area contributed by atoms with Crippen molar-refractivity contribution in [2.24, 2.45) is 5.16 Å². The first-order valence-corrected chi connectivity index (χ1v) is 10.3. The average molecular weight is 473 g/mol. The molecule has 166 valence electrons.